The molecule has 0 atom stereocenters. The van der Waals surface area contributed by atoms with E-state index in [0.29, 0.717) is 18.4 Å². The summed E-state index contributed by atoms with van der Waals surface area (Å²) < 4.78 is 0. The van der Waals surface area contributed by atoms with Gasteiger partial charge in [0.25, 0.3) is 0 Å². The second-order valence-corrected chi connectivity index (χ2v) is 4.61. The molecule has 1 amide bonds. The fourth-order valence-corrected chi connectivity index (χ4v) is 1.96. The molecular weight excluding hydrogens is 250 g/mol. The van der Waals surface area contributed by atoms with Gasteiger partial charge in [0, 0.05) is 5.57 Å². The maximum absolute atomic E-state index is 11.5. The van der Waals surface area contributed by atoms with Gasteiger partial charge in [-0.15, -0.1) is 0 Å². The monoisotopic (exact) mass is 267 g/mol. The quantitative estimate of drug-likeness (QED) is 0.818. The molecule has 20 heavy (non-hydrogen) atoms. The molecule has 0 fully saturated rings. The molecule has 0 heterocycles. The molecular formula is C17H17NO2. The van der Waals surface area contributed by atoms with Gasteiger partial charge in [0.05, 0.1) is 0 Å². The first-order valence-corrected chi connectivity index (χ1v) is 6.48. The Bertz CT molecular complexity index is 601. The van der Waals surface area contributed by atoms with E-state index in [1.54, 1.807) is 12.1 Å². The summed E-state index contributed by atoms with van der Waals surface area (Å²) in [6.45, 7) is 0. The lowest BCUT2D eigenvalue weighted by Gasteiger charge is -2.05. The number of rotatable bonds is 5. The Labute approximate surface area is 118 Å². The highest BCUT2D eigenvalue weighted by atomic mass is 16.3. The summed E-state index contributed by atoms with van der Waals surface area (Å²) in [5.41, 5.74) is 8.05. The summed E-state index contributed by atoms with van der Waals surface area (Å²) in [6, 6.07) is 16.6. The fourth-order valence-electron chi connectivity index (χ4n) is 1.96. The van der Waals surface area contributed by atoms with Gasteiger partial charge in [0.1, 0.15) is 5.75 Å². The van der Waals surface area contributed by atoms with E-state index in [0.717, 1.165) is 11.1 Å². The average molecular weight is 267 g/mol. The summed E-state index contributed by atoms with van der Waals surface area (Å²) in [5.74, 6) is -0.156. The molecule has 0 aliphatic carbocycles. The average Bonchev–Trinajstić information content (AvgIpc) is 2.46. The van der Waals surface area contributed by atoms with E-state index in [4.69, 9.17) is 5.73 Å². The first-order valence-electron chi connectivity index (χ1n) is 6.48. The topological polar surface area (TPSA) is 63.3 Å². The van der Waals surface area contributed by atoms with Crippen molar-refractivity contribution in [2.45, 2.75) is 12.8 Å². The van der Waals surface area contributed by atoms with Gasteiger partial charge in [-0.3, -0.25) is 4.79 Å². The van der Waals surface area contributed by atoms with Gasteiger partial charge in [-0.25, -0.2) is 0 Å². The van der Waals surface area contributed by atoms with Crippen molar-refractivity contribution in [3.8, 4) is 5.75 Å². The van der Waals surface area contributed by atoms with Crippen LogP contribution in [0.25, 0.3) is 6.08 Å². The zero-order chi connectivity index (χ0) is 14.4. The van der Waals surface area contributed by atoms with E-state index in [9.17, 15) is 9.90 Å². The van der Waals surface area contributed by atoms with Gasteiger partial charge in [-0.1, -0.05) is 42.5 Å². The van der Waals surface area contributed by atoms with Crippen molar-refractivity contribution in [2.75, 3.05) is 0 Å². The van der Waals surface area contributed by atoms with Gasteiger partial charge >= 0.3 is 0 Å². The third-order valence-corrected chi connectivity index (χ3v) is 3.08. The summed E-state index contributed by atoms with van der Waals surface area (Å²) >= 11 is 0. The van der Waals surface area contributed by atoms with Crippen LogP contribution in [0.5, 0.6) is 5.75 Å². The molecule has 102 valence electrons. The number of aryl methyl sites for hydroxylation is 1. The zero-order valence-corrected chi connectivity index (χ0v) is 11.1. The summed E-state index contributed by atoms with van der Waals surface area (Å²) in [4.78, 5) is 11.5. The largest absolute Gasteiger partial charge is 0.508 e. The van der Waals surface area contributed by atoms with Gasteiger partial charge < -0.3 is 10.8 Å². The van der Waals surface area contributed by atoms with E-state index in [1.165, 1.54) is 0 Å². The van der Waals surface area contributed by atoms with Crippen molar-refractivity contribution < 1.29 is 9.90 Å². The number of benzene rings is 2. The number of hydrogen-bond acceptors (Lipinski definition) is 2. The van der Waals surface area contributed by atoms with Crippen molar-refractivity contribution in [2.24, 2.45) is 5.73 Å². The number of hydrogen-bond donors (Lipinski definition) is 2. The first-order chi connectivity index (χ1) is 9.65. The Hall–Kier alpha value is -2.55. The summed E-state index contributed by atoms with van der Waals surface area (Å²) in [5, 5.41) is 9.23. The number of carbonyl (C=O) groups is 1. The molecule has 3 heteroatoms. The molecule has 3 nitrogen and oxygen atoms in total. The van der Waals surface area contributed by atoms with Crippen LogP contribution in [0.3, 0.4) is 0 Å². The third-order valence-electron chi connectivity index (χ3n) is 3.08. The molecule has 0 unspecified atom stereocenters. The predicted octanol–water partition coefficient (Wildman–Crippen LogP) is 2.89. The van der Waals surface area contributed by atoms with Gasteiger partial charge in [0.2, 0.25) is 5.91 Å². The summed E-state index contributed by atoms with van der Waals surface area (Å²) in [7, 11) is 0. The van der Waals surface area contributed by atoms with Crippen LogP contribution in [0.1, 0.15) is 17.5 Å². The van der Waals surface area contributed by atoms with Crippen LogP contribution in [0.4, 0.5) is 0 Å². The smallest absolute Gasteiger partial charge is 0.244 e. The Balaban J connectivity index is 2.09. The molecule has 0 saturated heterocycles. The minimum Gasteiger partial charge on any atom is -0.508 e. The lowest BCUT2D eigenvalue weighted by molar-refractivity contribution is -0.114. The lowest BCUT2D eigenvalue weighted by atomic mass is 10.0. The number of aromatic hydroxyl groups is 1. The molecule has 2 aromatic rings. The third kappa shape index (κ3) is 3.99. The van der Waals surface area contributed by atoms with E-state index < -0.39 is 5.91 Å². The van der Waals surface area contributed by atoms with Crippen LogP contribution >= 0.6 is 0 Å². The second-order valence-electron chi connectivity index (χ2n) is 4.61. The number of amides is 1. The number of nitrogens with two attached hydrogens (primary N) is 1. The van der Waals surface area contributed by atoms with Crippen LogP contribution < -0.4 is 5.73 Å². The lowest BCUT2D eigenvalue weighted by Crippen LogP contribution is -2.14. The normalized spacial score (nSPS) is 11.3. The number of phenols is 1. The Morgan fingerprint density at radius 1 is 1.05 bits per heavy atom. The Kier molecular flexibility index (Phi) is 4.56. The number of primary amides is 1. The standard InChI is InChI=1S/C17H17NO2/c18-17(20)15(12-14-4-2-1-3-5-14)9-6-13-7-10-16(19)11-8-13/h1-5,7-8,10-12,19H,6,9H2,(H2,18,20). The predicted molar refractivity (Wildman–Crippen MR) is 80.0 cm³/mol. The molecule has 0 radical (unpaired) electrons. The van der Waals surface area contributed by atoms with Crippen LogP contribution in [-0.2, 0) is 11.2 Å². The molecule has 0 aromatic heterocycles. The van der Waals surface area contributed by atoms with Gasteiger partial charge in [-0.05, 0) is 42.2 Å². The maximum atomic E-state index is 11.5. The minimum atomic E-state index is -0.396. The highest BCUT2D eigenvalue weighted by Crippen LogP contribution is 2.15. The highest BCUT2D eigenvalue weighted by molar-refractivity contribution is 5.96. The van der Waals surface area contributed by atoms with Crippen molar-refractivity contribution >= 4 is 12.0 Å². The molecule has 0 spiro atoms. The van der Waals surface area contributed by atoms with Crippen LogP contribution in [0.2, 0.25) is 0 Å². The van der Waals surface area contributed by atoms with E-state index >= 15 is 0 Å². The molecule has 0 bridgehead atoms. The molecule has 0 aliphatic rings. The molecule has 0 aliphatic heterocycles. The first kappa shape index (κ1) is 13.9. The molecule has 2 aromatic carbocycles. The fraction of sp³-hybridized carbons (Fsp3) is 0.118. The number of phenolic OH excluding ortho intramolecular Hbond substituents is 1. The second kappa shape index (κ2) is 6.57. The van der Waals surface area contributed by atoms with E-state index in [-0.39, 0.29) is 5.75 Å². The van der Waals surface area contributed by atoms with Crippen LogP contribution in [-0.4, -0.2) is 11.0 Å². The van der Waals surface area contributed by atoms with Crippen LogP contribution in [0, 0.1) is 0 Å². The maximum Gasteiger partial charge on any atom is 0.244 e. The summed E-state index contributed by atoms with van der Waals surface area (Å²) in [6.07, 6.45) is 3.11. The molecule has 0 saturated carbocycles. The van der Waals surface area contributed by atoms with E-state index in [2.05, 4.69) is 0 Å². The molecule has 3 N–H and O–H groups in total. The van der Waals surface area contributed by atoms with E-state index in [1.807, 2.05) is 48.5 Å². The van der Waals surface area contributed by atoms with Crippen LogP contribution in [0.15, 0.2) is 60.2 Å². The Morgan fingerprint density at radius 2 is 1.70 bits per heavy atom. The molecule has 2 rings (SSSR count). The SMILES string of the molecule is NC(=O)C(=Cc1ccccc1)CCc1ccc(O)cc1. The number of carbonyl (C=O) groups excluding carboxylic acids is 1. The van der Waals surface area contributed by atoms with Crippen molar-refractivity contribution in [3.05, 3.63) is 71.3 Å². The van der Waals surface area contributed by atoms with Crippen molar-refractivity contribution in [3.63, 3.8) is 0 Å². The van der Waals surface area contributed by atoms with Crippen molar-refractivity contribution in [1.29, 1.82) is 0 Å². The minimum absolute atomic E-state index is 0.240. The van der Waals surface area contributed by atoms with Gasteiger partial charge in [0.15, 0.2) is 0 Å². The highest BCUT2D eigenvalue weighted by Gasteiger charge is 2.06. The Morgan fingerprint density at radius 3 is 2.30 bits per heavy atom. The van der Waals surface area contributed by atoms with Crippen molar-refractivity contribution in [1.82, 2.24) is 0 Å². The zero-order valence-electron chi connectivity index (χ0n) is 11.1. The van der Waals surface area contributed by atoms with Gasteiger partial charge in [-0.2, -0.15) is 0 Å².